The van der Waals surface area contributed by atoms with E-state index in [4.69, 9.17) is 0 Å². The Morgan fingerprint density at radius 3 is 2.18 bits per heavy atom. The van der Waals surface area contributed by atoms with Gasteiger partial charge < -0.3 is 4.57 Å². The number of aryl methyl sites for hydroxylation is 1. The smallest absolute Gasteiger partial charge is 0.196 e. The van der Waals surface area contributed by atoms with Gasteiger partial charge in [0.1, 0.15) is 0 Å². The molecule has 1 heterocycles. The molecule has 0 atom stereocenters. The molecule has 0 saturated carbocycles. The lowest BCUT2D eigenvalue weighted by Crippen LogP contribution is -2.05. The standard InChI is InChI=1S/C32H24BrF2NOS/c1-20-8-10-21(11-9-20)18-28-29(23-14-17-26(34)27(35)19-23)30(31(37)22-12-15-24(33)16-13-22)32(38-2)36(28)25-6-4-3-5-7-25/h3-17,19H,18H2,1-2H3. The number of ketones is 1. The van der Waals surface area contributed by atoms with Gasteiger partial charge in [-0.3, -0.25) is 4.79 Å². The first-order valence-electron chi connectivity index (χ1n) is 12.1. The van der Waals surface area contributed by atoms with Gasteiger partial charge in [-0.25, -0.2) is 8.78 Å². The average molecular weight is 589 g/mol. The minimum absolute atomic E-state index is 0.179. The molecule has 0 saturated heterocycles. The Labute approximate surface area is 233 Å². The van der Waals surface area contributed by atoms with Crippen LogP contribution in [0, 0.1) is 18.6 Å². The molecule has 2 nitrogen and oxygen atoms in total. The lowest BCUT2D eigenvalue weighted by atomic mass is 9.93. The Morgan fingerprint density at radius 2 is 1.55 bits per heavy atom. The predicted octanol–water partition coefficient (Wildman–Crippen LogP) is 9.04. The van der Waals surface area contributed by atoms with Crippen LogP contribution in [0.1, 0.15) is 32.7 Å². The summed E-state index contributed by atoms with van der Waals surface area (Å²) in [4.78, 5) is 14.2. The number of carbonyl (C=O) groups excluding carboxylic acids is 1. The van der Waals surface area contributed by atoms with Crippen LogP contribution in [0.15, 0.2) is 107 Å². The van der Waals surface area contributed by atoms with Crippen molar-refractivity contribution < 1.29 is 13.6 Å². The van der Waals surface area contributed by atoms with Crippen molar-refractivity contribution in [3.8, 4) is 16.8 Å². The third kappa shape index (κ3) is 5.11. The summed E-state index contributed by atoms with van der Waals surface area (Å²) in [6.07, 6.45) is 2.42. The molecule has 38 heavy (non-hydrogen) atoms. The van der Waals surface area contributed by atoms with Gasteiger partial charge in [-0.2, -0.15) is 0 Å². The Balaban J connectivity index is 1.86. The lowest BCUT2D eigenvalue weighted by Gasteiger charge is -2.14. The molecule has 190 valence electrons. The molecule has 0 bridgehead atoms. The Bertz CT molecular complexity index is 1610. The van der Waals surface area contributed by atoms with E-state index in [2.05, 4.69) is 32.6 Å². The summed E-state index contributed by atoms with van der Waals surface area (Å²) < 4.78 is 31.6. The van der Waals surface area contributed by atoms with Gasteiger partial charge >= 0.3 is 0 Å². The van der Waals surface area contributed by atoms with Gasteiger partial charge in [-0.15, -0.1) is 11.8 Å². The maximum atomic E-state index is 14.6. The predicted molar refractivity (Wildman–Crippen MR) is 154 cm³/mol. The summed E-state index contributed by atoms with van der Waals surface area (Å²) in [7, 11) is 0. The number of benzene rings is 4. The number of thioether (sulfide) groups is 1. The van der Waals surface area contributed by atoms with Crippen LogP contribution in [0.25, 0.3) is 16.8 Å². The molecule has 0 radical (unpaired) electrons. The summed E-state index contributed by atoms with van der Waals surface area (Å²) in [5, 5.41) is 0.742. The van der Waals surface area contributed by atoms with E-state index in [0.29, 0.717) is 28.7 Å². The molecule has 0 N–H and O–H groups in total. The average Bonchev–Trinajstić information content (AvgIpc) is 3.25. The summed E-state index contributed by atoms with van der Waals surface area (Å²) in [5.74, 6) is -2.06. The quantitative estimate of drug-likeness (QED) is 0.140. The van der Waals surface area contributed by atoms with Crippen molar-refractivity contribution in [2.45, 2.75) is 18.4 Å². The van der Waals surface area contributed by atoms with Crippen LogP contribution < -0.4 is 0 Å². The van der Waals surface area contributed by atoms with Gasteiger partial charge in [0.05, 0.1) is 10.6 Å². The number of aromatic nitrogens is 1. The van der Waals surface area contributed by atoms with E-state index in [1.165, 1.54) is 17.8 Å². The molecule has 0 spiro atoms. The zero-order valence-corrected chi connectivity index (χ0v) is 23.2. The van der Waals surface area contributed by atoms with Gasteiger partial charge in [-0.1, -0.05) is 70.0 Å². The van der Waals surface area contributed by atoms with Crippen LogP contribution in [-0.2, 0) is 6.42 Å². The molecule has 1 aromatic heterocycles. The highest BCUT2D eigenvalue weighted by Crippen LogP contribution is 2.42. The Morgan fingerprint density at radius 1 is 0.868 bits per heavy atom. The number of hydrogen-bond acceptors (Lipinski definition) is 2. The molecule has 0 unspecified atom stereocenters. The van der Waals surface area contributed by atoms with Crippen molar-refractivity contribution in [1.29, 1.82) is 0 Å². The maximum absolute atomic E-state index is 14.6. The van der Waals surface area contributed by atoms with E-state index in [1.54, 1.807) is 18.2 Å². The maximum Gasteiger partial charge on any atom is 0.196 e. The highest BCUT2D eigenvalue weighted by Gasteiger charge is 2.30. The van der Waals surface area contributed by atoms with Crippen molar-refractivity contribution in [3.05, 3.63) is 141 Å². The van der Waals surface area contributed by atoms with Gasteiger partial charge in [0.15, 0.2) is 17.4 Å². The fourth-order valence-corrected chi connectivity index (χ4v) is 5.69. The van der Waals surface area contributed by atoms with Crippen molar-refractivity contribution in [1.82, 2.24) is 4.57 Å². The van der Waals surface area contributed by atoms with Crippen LogP contribution in [0.2, 0.25) is 0 Å². The first-order chi connectivity index (χ1) is 18.4. The van der Waals surface area contributed by atoms with Crippen LogP contribution in [-0.4, -0.2) is 16.6 Å². The van der Waals surface area contributed by atoms with Gasteiger partial charge in [0.2, 0.25) is 0 Å². The monoisotopic (exact) mass is 587 g/mol. The molecule has 0 fully saturated rings. The summed E-state index contributed by atoms with van der Waals surface area (Å²) in [6.45, 7) is 2.03. The fraction of sp³-hybridized carbons (Fsp3) is 0.0938. The minimum Gasteiger partial charge on any atom is -0.307 e. The van der Waals surface area contributed by atoms with Gasteiger partial charge in [-0.05, 0) is 72.8 Å². The number of nitrogens with zero attached hydrogens (tertiary/aromatic N) is 1. The summed E-state index contributed by atoms with van der Waals surface area (Å²) >= 11 is 4.89. The van der Waals surface area contributed by atoms with E-state index in [1.807, 2.05) is 67.8 Å². The number of para-hydroxylation sites is 1. The largest absolute Gasteiger partial charge is 0.307 e. The van der Waals surface area contributed by atoms with E-state index in [9.17, 15) is 13.6 Å². The molecule has 0 aliphatic heterocycles. The first-order valence-corrected chi connectivity index (χ1v) is 14.1. The zero-order valence-electron chi connectivity index (χ0n) is 20.8. The Hall–Kier alpha value is -3.48. The van der Waals surface area contributed by atoms with Crippen molar-refractivity contribution >= 4 is 33.5 Å². The third-order valence-corrected chi connectivity index (χ3v) is 7.77. The first kappa shape index (κ1) is 26.1. The van der Waals surface area contributed by atoms with Crippen molar-refractivity contribution in [2.24, 2.45) is 0 Å². The van der Waals surface area contributed by atoms with E-state index < -0.39 is 11.6 Å². The van der Waals surface area contributed by atoms with Gasteiger partial charge in [0.25, 0.3) is 0 Å². The highest BCUT2D eigenvalue weighted by atomic mass is 79.9. The molecular weight excluding hydrogens is 564 g/mol. The number of hydrogen-bond donors (Lipinski definition) is 0. The molecule has 4 aromatic carbocycles. The molecular formula is C32H24BrF2NOS. The second-order valence-corrected chi connectivity index (χ2v) is 10.7. The second kappa shape index (κ2) is 11.1. The normalized spacial score (nSPS) is 11.1. The minimum atomic E-state index is -0.955. The highest BCUT2D eigenvalue weighted by molar-refractivity contribution is 9.10. The lowest BCUT2D eigenvalue weighted by molar-refractivity contribution is 0.103. The van der Waals surface area contributed by atoms with Crippen LogP contribution >= 0.6 is 27.7 Å². The fourth-order valence-electron chi connectivity index (χ4n) is 4.63. The van der Waals surface area contributed by atoms with E-state index >= 15 is 0 Å². The SMILES string of the molecule is CSc1c(C(=O)c2ccc(Br)cc2)c(-c2ccc(F)c(F)c2)c(Cc2ccc(C)cc2)n1-c1ccccc1. The number of carbonyl (C=O) groups is 1. The van der Waals surface area contributed by atoms with Gasteiger partial charge in [0, 0.05) is 33.4 Å². The molecule has 5 aromatic rings. The van der Waals surface area contributed by atoms with Crippen LogP contribution in [0.5, 0.6) is 0 Å². The van der Waals surface area contributed by atoms with Crippen molar-refractivity contribution in [2.75, 3.05) is 6.26 Å². The van der Waals surface area contributed by atoms with E-state index in [0.717, 1.165) is 38.1 Å². The zero-order chi connectivity index (χ0) is 26.8. The molecule has 0 aliphatic carbocycles. The molecule has 5 rings (SSSR count). The number of rotatable bonds is 7. The third-order valence-electron chi connectivity index (χ3n) is 6.47. The summed E-state index contributed by atoms with van der Waals surface area (Å²) in [6, 6.07) is 29.0. The second-order valence-electron chi connectivity index (χ2n) is 9.00. The molecule has 6 heteroatoms. The van der Waals surface area contributed by atoms with Crippen molar-refractivity contribution in [3.63, 3.8) is 0 Å². The van der Waals surface area contributed by atoms with Crippen LogP contribution in [0.3, 0.4) is 0 Å². The topological polar surface area (TPSA) is 22.0 Å². The summed E-state index contributed by atoms with van der Waals surface area (Å²) in [5.41, 5.74) is 5.94. The number of halogens is 3. The Kier molecular flexibility index (Phi) is 7.63. The van der Waals surface area contributed by atoms with Crippen LogP contribution in [0.4, 0.5) is 8.78 Å². The molecule has 0 amide bonds. The molecule has 0 aliphatic rings. The van der Waals surface area contributed by atoms with E-state index in [-0.39, 0.29) is 5.78 Å².